The molecule has 2 heterocycles. The van der Waals surface area contributed by atoms with E-state index in [4.69, 9.17) is 0 Å². The first-order chi connectivity index (χ1) is 10.3. The van der Waals surface area contributed by atoms with Crippen LogP contribution in [0, 0.1) is 0 Å². The fourth-order valence-electron chi connectivity index (χ4n) is 2.43. The van der Waals surface area contributed by atoms with Crippen molar-refractivity contribution >= 4 is 0 Å². The number of rotatable bonds is 5. The number of nitrogens with zero attached hydrogens (tertiary/aromatic N) is 5. The van der Waals surface area contributed by atoms with Crippen LogP contribution in [0.4, 0.5) is 0 Å². The van der Waals surface area contributed by atoms with Crippen molar-refractivity contribution in [1.29, 1.82) is 0 Å². The van der Waals surface area contributed by atoms with Crippen LogP contribution in [0.2, 0.25) is 0 Å². The van der Waals surface area contributed by atoms with Gasteiger partial charge in [-0.2, -0.15) is 0 Å². The highest BCUT2D eigenvalue weighted by molar-refractivity contribution is 5.57. The quantitative estimate of drug-likeness (QED) is 0.647. The van der Waals surface area contributed by atoms with Gasteiger partial charge in [-0.25, -0.2) is 9.13 Å². The van der Waals surface area contributed by atoms with Crippen molar-refractivity contribution in [2.24, 2.45) is 7.05 Å². The van der Waals surface area contributed by atoms with Gasteiger partial charge in [0.15, 0.2) is 18.4 Å². The van der Waals surface area contributed by atoms with Crippen LogP contribution in [-0.4, -0.2) is 14.5 Å². The molecule has 0 saturated heterocycles. The van der Waals surface area contributed by atoms with Crippen molar-refractivity contribution in [2.75, 3.05) is 0 Å². The Bertz CT molecular complexity index is 711. The van der Waals surface area contributed by atoms with Gasteiger partial charge >= 0.3 is 0 Å². The average Bonchev–Trinajstić information content (AvgIpc) is 3.12. The predicted octanol–water partition coefficient (Wildman–Crippen LogP) is 1.18. The molecule has 0 unspecified atom stereocenters. The molecule has 0 saturated carbocycles. The van der Waals surface area contributed by atoms with Gasteiger partial charge in [-0.3, -0.25) is 0 Å². The molecule has 21 heavy (non-hydrogen) atoms. The second-order valence-electron chi connectivity index (χ2n) is 5.14. The summed E-state index contributed by atoms with van der Waals surface area (Å²) < 4.78 is 8.28. The predicted molar refractivity (Wildman–Crippen MR) is 79.1 cm³/mol. The molecule has 0 aliphatic heterocycles. The van der Waals surface area contributed by atoms with Crippen molar-refractivity contribution in [1.82, 2.24) is 14.5 Å². The standard InChI is InChI=1S/C16H21N5/c1-3-19-9-10-20(14-19)11-12-21-13-16(18(2)17-21)15-7-5-4-6-8-15/h4-10,13-14H,3,11-12H2,1-2H3/q+2. The Morgan fingerprint density at radius 3 is 2.67 bits per heavy atom. The maximum absolute atomic E-state index is 4.54. The van der Waals surface area contributed by atoms with Crippen LogP contribution in [0.25, 0.3) is 11.3 Å². The second kappa shape index (κ2) is 5.91. The Hall–Kier alpha value is -2.43. The summed E-state index contributed by atoms with van der Waals surface area (Å²) in [6, 6.07) is 10.4. The van der Waals surface area contributed by atoms with E-state index in [1.165, 1.54) is 5.56 Å². The van der Waals surface area contributed by atoms with Gasteiger partial charge in [-0.15, -0.1) is 9.36 Å². The zero-order valence-electron chi connectivity index (χ0n) is 12.6. The number of hydrogen-bond acceptors (Lipinski definition) is 1. The molecule has 3 rings (SSSR count). The Morgan fingerprint density at radius 2 is 1.95 bits per heavy atom. The fourth-order valence-corrected chi connectivity index (χ4v) is 2.43. The average molecular weight is 283 g/mol. The second-order valence-corrected chi connectivity index (χ2v) is 5.14. The van der Waals surface area contributed by atoms with Crippen LogP contribution in [0.15, 0.2) is 55.2 Å². The lowest BCUT2D eigenvalue weighted by Gasteiger charge is -1.92. The van der Waals surface area contributed by atoms with Gasteiger partial charge in [0.1, 0.15) is 26.0 Å². The maximum Gasteiger partial charge on any atom is 0.243 e. The number of benzene rings is 1. The SMILES string of the molecule is CCn1cc[n+](CC[n+]2cc(-c3ccccc3)n(C)n2)c1. The highest BCUT2D eigenvalue weighted by Crippen LogP contribution is 2.15. The minimum atomic E-state index is 0.860. The fraction of sp³-hybridized carbons (Fsp3) is 0.312. The summed E-state index contributed by atoms with van der Waals surface area (Å²) in [4.78, 5) is 0. The molecule has 3 aromatic rings. The van der Waals surface area contributed by atoms with Gasteiger partial charge < -0.3 is 0 Å². The maximum atomic E-state index is 4.54. The molecule has 108 valence electrons. The summed E-state index contributed by atoms with van der Waals surface area (Å²) in [5.41, 5.74) is 2.32. The number of aromatic nitrogens is 5. The van der Waals surface area contributed by atoms with Gasteiger partial charge in [0.05, 0.1) is 11.8 Å². The van der Waals surface area contributed by atoms with E-state index >= 15 is 0 Å². The van der Waals surface area contributed by atoms with E-state index in [2.05, 4.69) is 70.5 Å². The van der Waals surface area contributed by atoms with E-state index < -0.39 is 0 Å². The van der Waals surface area contributed by atoms with Gasteiger partial charge in [-0.05, 0) is 6.92 Å². The third-order valence-corrected chi connectivity index (χ3v) is 3.64. The van der Waals surface area contributed by atoms with Gasteiger partial charge in [0.2, 0.25) is 6.33 Å². The molecule has 0 amide bonds. The molecule has 0 atom stereocenters. The molecule has 1 aromatic carbocycles. The van der Waals surface area contributed by atoms with Crippen molar-refractivity contribution in [2.45, 2.75) is 26.6 Å². The van der Waals surface area contributed by atoms with E-state index in [-0.39, 0.29) is 0 Å². The molecule has 0 fully saturated rings. The first-order valence-electron chi connectivity index (χ1n) is 7.30. The van der Waals surface area contributed by atoms with Crippen molar-refractivity contribution in [3.8, 4) is 11.3 Å². The highest BCUT2D eigenvalue weighted by Gasteiger charge is 2.15. The summed E-state index contributed by atoms with van der Waals surface area (Å²) in [6.07, 6.45) is 8.43. The van der Waals surface area contributed by atoms with Crippen LogP contribution in [0.5, 0.6) is 0 Å². The first kappa shape index (κ1) is 13.5. The largest absolute Gasteiger partial charge is 0.243 e. The van der Waals surface area contributed by atoms with E-state index in [1.807, 2.05) is 22.5 Å². The van der Waals surface area contributed by atoms with Gasteiger partial charge in [-0.1, -0.05) is 30.3 Å². The zero-order chi connectivity index (χ0) is 14.7. The van der Waals surface area contributed by atoms with E-state index in [0.29, 0.717) is 0 Å². The molecule has 0 N–H and O–H groups in total. The Labute approximate surface area is 124 Å². The summed E-state index contributed by atoms with van der Waals surface area (Å²) in [5, 5.41) is 4.54. The summed E-state index contributed by atoms with van der Waals surface area (Å²) in [7, 11) is 1.99. The molecule has 0 bridgehead atoms. The van der Waals surface area contributed by atoms with Crippen molar-refractivity contribution in [3.63, 3.8) is 0 Å². The lowest BCUT2D eigenvalue weighted by atomic mass is 10.2. The number of aryl methyl sites for hydroxylation is 4. The molecule has 5 nitrogen and oxygen atoms in total. The molecule has 0 aliphatic carbocycles. The van der Waals surface area contributed by atoms with Crippen LogP contribution in [0.1, 0.15) is 6.92 Å². The van der Waals surface area contributed by atoms with Gasteiger partial charge in [0, 0.05) is 5.56 Å². The molecule has 5 heteroatoms. The molecular weight excluding hydrogens is 262 g/mol. The topological polar surface area (TPSA) is 30.5 Å². The lowest BCUT2D eigenvalue weighted by Crippen LogP contribution is -2.44. The first-order valence-corrected chi connectivity index (χ1v) is 7.30. The van der Waals surface area contributed by atoms with Gasteiger partial charge in [0.25, 0.3) is 0 Å². The normalized spacial score (nSPS) is 11.0. The van der Waals surface area contributed by atoms with Crippen molar-refractivity contribution < 1.29 is 9.25 Å². The summed E-state index contributed by atoms with van der Waals surface area (Å²) in [6.45, 7) is 4.92. The van der Waals surface area contributed by atoms with E-state index in [1.54, 1.807) is 0 Å². The van der Waals surface area contributed by atoms with Crippen molar-refractivity contribution in [3.05, 3.63) is 55.2 Å². The molecule has 2 aromatic heterocycles. The lowest BCUT2D eigenvalue weighted by molar-refractivity contribution is -0.809. The third-order valence-electron chi connectivity index (χ3n) is 3.64. The zero-order valence-corrected chi connectivity index (χ0v) is 12.6. The Balaban J connectivity index is 1.72. The minimum absolute atomic E-state index is 0.860. The Kier molecular flexibility index (Phi) is 3.81. The monoisotopic (exact) mass is 283 g/mol. The number of imidazole rings is 1. The molecule has 0 spiro atoms. The minimum Gasteiger partial charge on any atom is -0.237 e. The van der Waals surface area contributed by atoms with Crippen LogP contribution in [0.3, 0.4) is 0 Å². The third kappa shape index (κ3) is 3.02. The van der Waals surface area contributed by atoms with Crippen LogP contribution in [-0.2, 0) is 26.7 Å². The molecule has 0 aliphatic rings. The summed E-state index contributed by atoms with van der Waals surface area (Å²) >= 11 is 0. The Morgan fingerprint density at radius 1 is 1.14 bits per heavy atom. The van der Waals surface area contributed by atoms with Crippen LogP contribution < -0.4 is 9.25 Å². The summed E-state index contributed by atoms with van der Waals surface area (Å²) in [5.74, 6) is 0. The smallest absolute Gasteiger partial charge is 0.237 e. The van der Waals surface area contributed by atoms with Crippen LogP contribution >= 0.6 is 0 Å². The van der Waals surface area contributed by atoms with E-state index in [0.717, 1.165) is 25.3 Å². The van der Waals surface area contributed by atoms with E-state index in [9.17, 15) is 0 Å². The molecule has 0 radical (unpaired) electrons. The number of hydrogen-bond donors (Lipinski definition) is 0. The molecular formula is C16H21N5+2. The highest BCUT2D eigenvalue weighted by atomic mass is 15.5.